The summed E-state index contributed by atoms with van der Waals surface area (Å²) in [5.74, 6) is 1.38. The van der Waals surface area contributed by atoms with Crippen molar-refractivity contribution >= 4 is 28.3 Å². The van der Waals surface area contributed by atoms with Crippen molar-refractivity contribution in [2.24, 2.45) is 0 Å². The molecule has 2 heterocycles. The third kappa shape index (κ3) is 2.78. The number of H-pyrrole nitrogens is 1. The van der Waals surface area contributed by atoms with E-state index in [0.29, 0.717) is 23.8 Å². The van der Waals surface area contributed by atoms with Gasteiger partial charge < -0.3 is 10.3 Å². The molecule has 0 unspecified atom stereocenters. The van der Waals surface area contributed by atoms with Gasteiger partial charge >= 0.3 is 0 Å². The van der Waals surface area contributed by atoms with E-state index in [0.717, 1.165) is 35.3 Å². The number of hydrogen-bond donors (Lipinski definition) is 2. The maximum atomic E-state index is 12.7. The van der Waals surface area contributed by atoms with Gasteiger partial charge in [0.2, 0.25) is 5.95 Å². The minimum Gasteiger partial charge on any atom is -0.338 e. The zero-order chi connectivity index (χ0) is 19.3. The lowest BCUT2D eigenvalue weighted by Gasteiger charge is -2.13. The van der Waals surface area contributed by atoms with E-state index in [1.807, 2.05) is 24.3 Å². The van der Waals surface area contributed by atoms with Crippen molar-refractivity contribution in [1.29, 1.82) is 0 Å². The lowest BCUT2D eigenvalue weighted by molar-refractivity contribution is 0.0973. The number of benzene rings is 2. The third-order valence-corrected chi connectivity index (χ3v) is 5.14. The molecule has 0 atom stereocenters. The van der Waals surface area contributed by atoms with Crippen LogP contribution in [-0.2, 0) is 6.42 Å². The van der Waals surface area contributed by atoms with E-state index in [-0.39, 0.29) is 5.78 Å². The molecule has 0 bridgehead atoms. The Morgan fingerprint density at radius 2 is 1.86 bits per heavy atom. The van der Waals surface area contributed by atoms with E-state index >= 15 is 0 Å². The Kier molecular flexibility index (Phi) is 3.79. The van der Waals surface area contributed by atoms with Gasteiger partial charge in [0, 0.05) is 12.1 Å². The molecule has 0 amide bonds. The van der Waals surface area contributed by atoms with Crippen molar-refractivity contribution in [3.05, 3.63) is 64.8 Å². The molecule has 1 aliphatic rings. The summed E-state index contributed by atoms with van der Waals surface area (Å²) in [6.07, 6.45) is 2.20. The van der Waals surface area contributed by atoms with Crippen LogP contribution in [0.3, 0.4) is 0 Å². The first-order valence-electron chi connectivity index (χ1n) is 9.54. The normalized spacial score (nSPS) is 13.7. The number of anilines is 2. The number of nitrogens with zero attached hydrogens (tertiary/aromatic N) is 3. The molecule has 0 spiro atoms. The van der Waals surface area contributed by atoms with Crippen molar-refractivity contribution in [2.75, 3.05) is 5.32 Å². The van der Waals surface area contributed by atoms with Gasteiger partial charge in [-0.25, -0.2) is 9.67 Å². The molecule has 140 valence electrons. The minimum absolute atomic E-state index is 0.135. The number of aromatic amines is 1. The highest BCUT2D eigenvalue weighted by Gasteiger charge is 2.28. The van der Waals surface area contributed by atoms with E-state index in [2.05, 4.69) is 47.3 Å². The third-order valence-electron chi connectivity index (χ3n) is 5.14. The maximum Gasteiger partial charge on any atom is 0.229 e. The quantitative estimate of drug-likeness (QED) is 0.551. The fourth-order valence-corrected chi connectivity index (χ4v) is 4.00. The molecule has 6 nitrogen and oxygen atoms in total. The molecule has 5 rings (SSSR count). The second-order valence-corrected chi connectivity index (χ2v) is 7.44. The molecule has 2 aromatic carbocycles. The fourth-order valence-electron chi connectivity index (χ4n) is 4.00. The standard InChI is InChI=1S/C22H21N5O/c1-13-10-14(2)12-15(11-13)23-21-20-18(8-5-9-19(20)28)27(26-21)22-24-16-6-3-4-7-17(16)25-22/h3-4,6-7,10-12H,5,8-9H2,1-2H3,(H,23,26)(H,24,25). The van der Waals surface area contributed by atoms with Crippen LogP contribution in [0.4, 0.5) is 11.5 Å². The number of aryl methyl sites for hydroxylation is 2. The molecule has 0 saturated heterocycles. The molecule has 2 N–H and O–H groups in total. The zero-order valence-electron chi connectivity index (χ0n) is 15.9. The van der Waals surface area contributed by atoms with E-state index < -0.39 is 0 Å². The molecular weight excluding hydrogens is 350 g/mol. The van der Waals surface area contributed by atoms with Gasteiger partial charge in [-0.15, -0.1) is 5.10 Å². The Balaban J connectivity index is 1.64. The topological polar surface area (TPSA) is 75.6 Å². The molecule has 0 aliphatic heterocycles. The molecule has 2 aromatic heterocycles. The van der Waals surface area contributed by atoms with Crippen molar-refractivity contribution < 1.29 is 4.79 Å². The van der Waals surface area contributed by atoms with Crippen LogP contribution < -0.4 is 5.32 Å². The van der Waals surface area contributed by atoms with Gasteiger partial charge in [-0.3, -0.25) is 4.79 Å². The first kappa shape index (κ1) is 16.7. The summed E-state index contributed by atoms with van der Waals surface area (Å²) in [7, 11) is 0. The number of Topliss-reactive ketones (excluding diaryl/α,β-unsaturated/α-hetero) is 1. The summed E-state index contributed by atoms with van der Waals surface area (Å²) in [5, 5.41) is 8.13. The lowest BCUT2D eigenvalue weighted by atomic mass is 9.96. The molecule has 1 aliphatic carbocycles. The lowest BCUT2D eigenvalue weighted by Crippen LogP contribution is -2.14. The number of carbonyl (C=O) groups is 1. The monoisotopic (exact) mass is 371 g/mol. The number of hydrogen-bond acceptors (Lipinski definition) is 4. The molecule has 6 heteroatoms. The Morgan fingerprint density at radius 3 is 2.64 bits per heavy atom. The van der Waals surface area contributed by atoms with E-state index in [9.17, 15) is 4.79 Å². The van der Waals surface area contributed by atoms with Gasteiger partial charge in [0.15, 0.2) is 11.6 Å². The molecule has 4 aromatic rings. The number of para-hydroxylation sites is 2. The largest absolute Gasteiger partial charge is 0.338 e. The van der Waals surface area contributed by atoms with Crippen LogP contribution in [0.1, 0.15) is 40.0 Å². The Morgan fingerprint density at radius 1 is 1.07 bits per heavy atom. The summed E-state index contributed by atoms with van der Waals surface area (Å²) >= 11 is 0. The van der Waals surface area contributed by atoms with Crippen LogP contribution in [0.2, 0.25) is 0 Å². The van der Waals surface area contributed by atoms with Crippen LogP contribution in [-0.4, -0.2) is 25.5 Å². The molecule has 0 saturated carbocycles. The predicted molar refractivity (Wildman–Crippen MR) is 110 cm³/mol. The number of nitrogens with one attached hydrogen (secondary N) is 2. The van der Waals surface area contributed by atoms with Gasteiger partial charge in [0.05, 0.1) is 22.3 Å². The zero-order valence-corrected chi connectivity index (χ0v) is 15.9. The number of carbonyl (C=O) groups excluding carboxylic acids is 1. The van der Waals surface area contributed by atoms with E-state index in [1.165, 1.54) is 11.1 Å². The Hall–Kier alpha value is -3.41. The molecule has 28 heavy (non-hydrogen) atoms. The van der Waals surface area contributed by atoms with E-state index in [4.69, 9.17) is 5.10 Å². The van der Waals surface area contributed by atoms with Gasteiger partial charge in [0.25, 0.3) is 0 Å². The van der Waals surface area contributed by atoms with Crippen molar-refractivity contribution in [3.63, 3.8) is 0 Å². The van der Waals surface area contributed by atoms with E-state index in [1.54, 1.807) is 4.68 Å². The van der Waals surface area contributed by atoms with Crippen LogP contribution in [0, 0.1) is 13.8 Å². The molecular formula is C22H21N5O. The average molecular weight is 371 g/mol. The van der Waals surface area contributed by atoms with Gasteiger partial charge in [-0.05, 0) is 62.1 Å². The number of rotatable bonds is 3. The maximum absolute atomic E-state index is 12.7. The number of imidazole rings is 1. The van der Waals surface area contributed by atoms with Crippen LogP contribution in [0.25, 0.3) is 17.0 Å². The highest BCUT2D eigenvalue weighted by Crippen LogP contribution is 2.32. The van der Waals surface area contributed by atoms with Gasteiger partial charge in [0.1, 0.15) is 0 Å². The first-order chi connectivity index (χ1) is 13.6. The van der Waals surface area contributed by atoms with Crippen molar-refractivity contribution in [1.82, 2.24) is 19.7 Å². The Bertz CT molecular complexity index is 1160. The van der Waals surface area contributed by atoms with Crippen LogP contribution >= 0.6 is 0 Å². The molecule has 0 radical (unpaired) electrons. The number of fused-ring (bicyclic) bond motifs is 2. The Labute approximate surface area is 162 Å². The van der Waals surface area contributed by atoms with Crippen molar-refractivity contribution in [2.45, 2.75) is 33.1 Å². The van der Waals surface area contributed by atoms with Crippen LogP contribution in [0.15, 0.2) is 42.5 Å². The van der Waals surface area contributed by atoms with Gasteiger partial charge in [-0.2, -0.15) is 0 Å². The average Bonchev–Trinajstić information content (AvgIpc) is 3.23. The number of ketones is 1. The highest BCUT2D eigenvalue weighted by atomic mass is 16.1. The summed E-state index contributed by atoms with van der Waals surface area (Å²) in [5.41, 5.74) is 6.71. The summed E-state index contributed by atoms with van der Waals surface area (Å²) in [6, 6.07) is 14.1. The number of aromatic nitrogens is 4. The SMILES string of the molecule is Cc1cc(C)cc(Nc2nn(-c3nc4ccccc4[nH]3)c3c2C(=O)CCC3)c1. The molecule has 0 fully saturated rings. The predicted octanol–water partition coefficient (Wildman–Crippen LogP) is 4.63. The fraction of sp³-hybridized carbons (Fsp3) is 0.227. The minimum atomic E-state index is 0.135. The van der Waals surface area contributed by atoms with Crippen molar-refractivity contribution in [3.8, 4) is 5.95 Å². The van der Waals surface area contributed by atoms with Crippen LogP contribution in [0.5, 0.6) is 0 Å². The second kappa shape index (κ2) is 6.34. The summed E-state index contributed by atoms with van der Waals surface area (Å²) < 4.78 is 1.79. The van der Waals surface area contributed by atoms with Gasteiger partial charge in [-0.1, -0.05) is 18.2 Å². The summed E-state index contributed by atoms with van der Waals surface area (Å²) in [6.45, 7) is 4.12. The highest BCUT2D eigenvalue weighted by molar-refractivity contribution is 6.03. The summed E-state index contributed by atoms with van der Waals surface area (Å²) in [4.78, 5) is 20.7. The first-order valence-corrected chi connectivity index (χ1v) is 9.54. The smallest absolute Gasteiger partial charge is 0.229 e. The second-order valence-electron chi connectivity index (χ2n) is 7.44.